The fourth-order valence-corrected chi connectivity index (χ4v) is 2.52. The Balaban J connectivity index is 2.07. The van der Waals surface area contributed by atoms with E-state index in [1.165, 1.54) is 0 Å². The summed E-state index contributed by atoms with van der Waals surface area (Å²) in [6.45, 7) is 5.87. The van der Waals surface area contributed by atoms with Gasteiger partial charge in [-0.3, -0.25) is 0 Å². The minimum absolute atomic E-state index is 0.0943. The van der Waals surface area contributed by atoms with E-state index in [1.807, 2.05) is 29.9 Å². The Morgan fingerprint density at radius 1 is 1.28 bits per heavy atom. The van der Waals surface area contributed by atoms with Gasteiger partial charge >= 0.3 is 0 Å². The Bertz CT molecular complexity index is 511. The van der Waals surface area contributed by atoms with Crippen molar-refractivity contribution in [1.82, 2.24) is 10.3 Å². The molecule has 2 aromatic rings. The first-order chi connectivity index (χ1) is 8.58. The Kier molecular flexibility index (Phi) is 4.09. The predicted octanol–water partition coefficient (Wildman–Crippen LogP) is 4.00. The summed E-state index contributed by atoms with van der Waals surface area (Å²) in [4.78, 5) is 4.28. The second kappa shape index (κ2) is 5.59. The third-order valence-corrected chi connectivity index (χ3v) is 3.70. The Labute approximate surface area is 111 Å². The number of nitrogens with zero attached hydrogens (tertiary/aromatic N) is 1. The first kappa shape index (κ1) is 13.2. The largest absolute Gasteiger partial charge is 0.302 e. The lowest BCUT2D eigenvalue weighted by molar-refractivity contribution is 0.485. The predicted molar refractivity (Wildman–Crippen MR) is 73.2 cm³/mol. The monoisotopic (exact) mass is 264 g/mol. The fourth-order valence-electron chi connectivity index (χ4n) is 1.87. The van der Waals surface area contributed by atoms with Crippen LogP contribution in [0.3, 0.4) is 0 Å². The van der Waals surface area contributed by atoms with Crippen molar-refractivity contribution in [3.8, 4) is 0 Å². The quantitative estimate of drug-likeness (QED) is 0.902. The standard InChI is InChI=1S/C14H17FN2S/c1-9-4-5-12(6-13(9)15)10(2)17-11(3)14-7-18-8-16-14/h4-8,10-11,17H,1-3H3. The molecule has 1 aromatic heterocycles. The minimum atomic E-state index is -0.150. The van der Waals surface area contributed by atoms with Gasteiger partial charge in [0.25, 0.3) is 0 Å². The van der Waals surface area contributed by atoms with Gasteiger partial charge in [0.2, 0.25) is 0 Å². The summed E-state index contributed by atoms with van der Waals surface area (Å²) in [5, 5.41) is 5.45. The number of halogens is 1. The molecule has 1 heterocycles. The summed E-state index contributed by atoms with van der Waals surface area (Å²) < 4.78 is 13.5. The third kappa shape index (κ3) is 2.94. The summed E-state index contributed by atoms with van der Waals surface area (Å²) in [5.74, 6) is -0.150. The van der Waals surface area contributed by atoms with Crippen LogP contribution in [0, 0.1) is 12.7 Å². The van der Waals surface area contributed by atoms with Gasteiger partial charge in [-0.15, -0.1) is 11.3 Å². The lowest BCUT2D eigenvalue weighted by Crippen LogP contribution is -2.22. The maximum absolute atomic E-state index is 13.5. The average Bonchev–Trinajstić information content (AvgIpc) is 2.86. The molecule has 18 heavy (non-hydrogen) atoms. The smallest absolute Gasteiger partial charge is 0.126 e. The number of hydrogen-bond donors (Lipinski definition) is 1. The van der Waals surface area contributed by atoms with E-state index in [2.05, 4.69) is 17.2 Å². The molecule has 0 aliphatic carbocycles. The van der Waals surface area contributed by atoms with E-state index >= 15 is 0 Å². The summed E-state index contributed by atoms with van der Waals surface area (Å²) in [5.41, 5.74) is 4.49. The van der Waals surface area contributed by atoms with E-state index in [0.717, 1.165) is 11.3 Å². The molecular formula is C14H17FN2S. The number of rotatable bonds is 4. The molecular weight excluding hydrogens is 247 g/mol. The Morgan fingerprint density at radius 2 is 2.06 bits per heavy atom. The molecule has 2 rings (SSSR count). The van der Waals surface area contributed by atoms with E-state index in [9.17, 15) is 4.39 Å². The van der Waals surface area contributed by atoms with Crippen LogP contribution < -0.4 is 5.32 Å². The van der Waals surface area contributed by atoms with Crippen LogP contribution in [0.1, 0.15) is 42.8 Å². The molecule has 0 radical (unpaired) electrons. The zero-order valence-electron chi connectivity index (χ0n) is 10.8. The van der Waals surface area contributed by atoms with Crippen LogP contribution in [-0.4, -0.2) is 4.98 Å². The first-order valence-corrected chi connectivity index (χ1v) is 6.92. The first-order valence-electron chi connectivity index (χ1n) is 5.98. The molecule has 4 heteroatoms. The van der Waals surface area contributed by atoms with Gasteiger partial charge in [0.1, 0.15) is 5.82 Å². The van der Waals surface area contributed by atoms with Crippen LogP contribution in [0.25, 0.3) is 0 Å². The van der Waals surface area contributed by atoms with Crippen LogP contribution in [-0.2, 0) is 0 Å². The van der Waals surface area contributed by atoms with Gasteiger partial charge in [0.15, 0.2) is 0 Å². The summed E-state index contributed by atoms with van der Waals surface area (Å²) in [6.07, 6.45) is 0. The molecule has 0 saturated carbocycles. The molecule has 0 aliphatic rings. The van der Waals surface area contributed by atoms with Crippen molar-refractivity contribution in [2.24, 2.45) is 0 Å². The van der Waals surface area contributed by atoms with E-state index in [1.54, 1.807) is 24.3 Å². The topological polar surface area (TPSA) is 24.9 Å². The molecule has 2 atom stereocenters. The minimum Gasteiger partial charge on any atom is -0.302 e. The van der Waals surface area contributed by atoms with Crippen LogP contribution >= 0.6 is 11.3 Å². The van der Waals surface area contributed by atoms with E-state index in [0.29, 0.717) is 5.56 Å². The van der Waals surface area contributed by atoms with Gasteiger partial charge in [-0.25, -0.2) is 9.37 Å². The lowest BCUT2D eigenvalue weighted by atomic mass is 10.0. The van der Waals surface area contributed by atoms with Crippen molar-refractivity contribution in [1.29, 1.82) is 0 Å². The summed E-state index contributed by atoms with van der Waals surface area (Å²) in [7, 11) is 0. The normalized spacial score (nSPS) is 14.4. The average molecular weight is 264 g/mol. The molecule has 96 valence electrons. The molecule has 0 bridgehead atoms. The second-order valence-electron chi connectivity index (χ2n) is 4.53. The molecule has 0 fully saturated rings. The Morgan fingerprint density at radius 3 is 2.67 bits per heavy atom. The van der Waals surface area contributed by atoms with Crippen LogP contribution in [0.5, 0.6) is 0 Å². The molecule has 0 spiro atoms. The number of aromatic nitrogens is 1. The van der Waals surface area contributed by atoms with Gasteiger partial charge < -0.3 is 5.32 Å². The van der Waals surface area contributed by atoms with Gasteiger partial charge in [-0.05, 0) is 38.0 Å². The number of thiazole rings is 1. The zero-order chi connectivity index (χ0) is 13.1. The van der Waals surface area contributed by atoms with Crippen LogP contribution in [0.4, 0.5) is 4.39 Å². The number of hydrogen-bond acceptors (Lipinski definition) is 3. The molecule has 0 saturated heterocycles. The van der Waals surface area contributed by atoms with Gasteiger partial charge in [-0.1, -0.05) is 12.1 Å². The highest BCUT2D eigenvalue weighted by molar-refractivity contribution is 7.07. The second-order valence-corrected chi connectivity index (χ2v) is 5.25. The highest BCUT2D eigenvalue weighted by Gasteiger charge is 2.13. The van der Waals surface area contributed by atoms with Crippen molar-refractivity contribution in [2.75, 3.05) is 0 Å². The zero-order valence-corrected chi connectivity index (χ0v) is 11.6. The molecule has 1 N–H and O–H groups in total. The van der Waals surface area contributed by atoms with Crippen molar-refractivity contribution < 1.29 is 4.39 Å². The van der Waals surface area contributed by atoms with E-state index in [-0.39, 0.29) is 17.9 Å². The van der Waals surface area contributed by atoms with Crippen molar-refractivity contribution in [3.05, 3.63) is 51.7 Å². The third-order valence-electron chi connectivity index (χ3n) is 3.09. The summed E-state index contributed by atoms with van der Waals surface area (Å²) >= 11 is 1.58. The lowest BCUT2D eigenvalue weighted by Gasteiger charge is -2.19. The molecule has 0 aliphatic heterocycles. The highest BCUT2D eigenvalue weighted by Crippen LogP contribution is 2.20. The Hall–Kier alpha value is -1.26. The molecule has 2 nitrogen and oxygen atoms in total. The number of benzene rings is 1. The summed E-state index contributed by atoms with van der Waals surface area (Å²) in [6, 6.07) is 5.63. The molecule has 1 aromatic carbocycles. The maximum atomic E-state index is 13.5. The SMILES string of the molecule is Cc1ccc(C(C)NC(C)c2cscn2)cc1F. The molecule has 0 amide bonds. The van der Waals surface area contributed by atoms with Crippen LogP contribution in [0.2, 0.25) is 0 Å². The van der Waals surface area contributed by atoms with Crippen molar-refractivity contribution >= 4 is 11.3 Å². The van der Waals surface area contributed by atoms with E-state index in [4.69, 9.17) is 0 Å². The van der Waals surface area contributed by atoms with Crippen molar-refractivity contribution in [3.63, 3.8) is 0 Å². The van der Waals surface area contributed by atoms with Gasteiger partial charge in [0, 0.05) is 17.5 Å². The van der Waals surface area contributed by atoms with Crippen LogP contribution in [0.15, 0.2) is 29.1 Å². The molecule has 2 unspecified atom stereocenters. The van der Waals surface area contributed by atoms with E-state index < -0.39 is 0 Å². The number of aryl methyl sites for hydroxylation is 1. The van der Waals surface area contributed by atoms with Crippen molar-refractivity contribution in [2.45, 2.75) is 32.9 Å². The van der Waals surface area contributed by atoms with Gasteiger partial charge in [-0.2, -0.15) is 0 Å². The van der Waals surface area contributed by atoms with Gasteiger partial charge in [0.05, 0.1) is 11.2 Å². The number of nitrogens with one attached hydrogen (secondary N) is 1. The maximum Gasteiger partial charge on any atom is 0.126 e. The highest BCUT2D eigenvalue weighted by atomic mass is 32.1. The fraction of sp³-hybridized carbons (Fsp3) is 0.357.